The standard InChI is InChI=1S/C21H19FN4O2/c22-13-9-16-14(5-6-17(16)23-11-13)19-24-10-12-7-8-26(20(12)25-19)18-4-2-1-3-15(18)21(27)28/h5,7-11,15,18H,1-4,6H2,(H,27,28)/t15-,18-/m0/s1. The van der Waals surface area contributed by atoms with Crippen molar-refractivity contribution in [2.75, 3.05) is 0 Å². The largest absolute Gasteiger partial charge is 0.481 e. The predicted octanol–water partition coefficient (Wildman–Crippen LogP) is 3.77. The second-order valence-corrected chi connectivity index (χ2v) is 7.46. The molecular weight excluding hydrogens is 359 g/mol. The Bertz CT molecular complexity index is 1120. The first-order chi connectivity index (χ1) is 13.6. The first-order valence-electron chi connectivity index (χ1n) is 9.53. The van der Waals surface area contributed by atoms with Crippen LogP contribution in [0.2, 0.25) is 0 Å². The Morgan fingerprint density at radius 3 is 2.93 bits per heavy atom. The molecule has 6 nitrogen and oxygen atoms in total. The minimum atomic E-state index is -0.755. The third kappa shape index (κ3) is 2.69. The molecule has 3 aromatic rings. The summed E-state index contributed by atoms with van der Waals surface area (Å²) in [5.74, 6) is -1.04. The number of carboxylic acid groups (broad SMARTS) is 1. The van der Waals surface area contributed by atoms with Gasteiger partial charge in [0.2, 0.25) is 0 Å². The van der Waals surface area contributed by atoms with E-state index >= 15 is 0 Å². The molecule has 3 heterocycles. The molecule has 7 heteroatoms. The van der Waals surface area contributed by atoms with Crippen LogP contribution >= 0.6 is 0 Å². The van der Waals surface area contributed by atoms with Crippen molar-refractivity contribution in [1.29, 1.82) is 0 Å². The number of aliphatic carboxylic acids is 1. The number of carboxylic acids is 1. The zero-order chi connectivity index (χ0) is 19.3. The van der Waals surface area contributed by atoms with Crippen molar-refractivity contribution in [3.63, 3.8) is 0 Å². The van der Waals surface area contributed by atoms with Gasteiger partial charge in [-0.3, -0.25) is 9.78 Å². The monoisotopic (exact) mass is 378 g/mol. The predicted molar refractivity (Wildman–Crippen MR) is 101 cm³/mol. The first kappa shape index (κ1) is 17.0. The summed E-state index contributed by atoms with van der Waals surface area (Å²) in [6, 6.07) is 3.27. The number of carbonyl (C=O) groups is 1. The molecule has 2 atom stereocenters. The lowest BCUT2D eigenvalue weighted by Gasteiger charge is -2.30. The van der Waals surface area contributed by atoms with Gasteiger partial charge in [-0.05, 0) is 25.0 Å². The summed E-state index contributed by atoms with van der Waals surface area (Å²) < 4.78 is 15.7. The van der Waals surface area contributed by atoms with Gasteiger partial charge in [-0.2, -0.15) is 0 Å². The van der Waals surface area contributed by atoms with Gasteiger partial charge in [-0.1, -0.05) is 18.9 Å². The maximum Gasteiger partial charge on any atom is 0.308 e. The molecule has 0 aliphatic heterocycles. The fraction of sp³-hybridized carbons (Fsp3) is 0.333. The highest BCUT2D eigenvalue weighted by Crippen LogP contribution is 2.37. The van der Waals surface area contributed by atoms with Gasteiger partial charge in [0.25, 0.3) is 0 Å². The van der Waals surface area contributed by atoms with E-state index in [1.165, 1.54) is 12.3 Å². The van der Waals surface area contributed by atoms with Gasteiger partial charge >= 0.3 is 5.97 Å². The Kier molecular flexibility index (Phi) is 3.96. The molecule has 0 spiro atoms. The number of aromatic nitrogens is 4. The number of allylic oxidation sites excluding steroid dienone is 1. The molecule has 1 fully saturated rings. The van der Waals surface area contributed by atoms with Crippen molar-refractivity contribution >= 4 is 22.6 Å². The lowest BCUT2D eigenvalue weighted by Crippen LogP contribution is -2.29. The molecule has 0 saturated heterocycles. The van der Waals surface area contributed by atoms with Crippen molar-refractivity contribution in [2.45, 2.75) is 38.1 Å². The van der Waals surface area contributed by atoms with Gasteiger partial charge in [0.05, 0.1) is 17.8 Å². The van der Waals surface area contributed by atoms with Crippen LogP contribution in [0.4, 0.5) is 4.39 Å². The minimum absolute atomic E-state index is 0.115. The van der Waals surface area contributed by atoms with Crippen molar-refractivity contribution in [3.05, 3.63) is 59.7 Å². The molecule has 0 unspecified atom stereocenters. The van der Waals surface area contributed by atoms with Crippen LogP contribution < -0.4 is 0 Å². The molecule has 0 aromatic carbocycles. The molecule has 2 aliphatic carbocycles. The Morgan fingerprint density at radius 1 is 1.21 bits per heavy atom. The van der Waals surface area contributed by atoms with E-state index in [0.717, 1.165) is 47.1 Å². The van der Waals surface area contributed by atoms with E-state index in [2.05, 4.69) is 9.97 Å². The molecule has 1 saturated carbocycles. The minimum Gasteiger partial charge on any atom is -0.481 e. The van der Waals surface area contributed by atoms with Crippen molar-refractivity contribution in [3.8, 4) is 0 Å². The lowest BCUT2D eigenvalue weighted by atomic mass is 9.84. The van der Waals surface area contributed by atoms with Crippen LogP contribution in [0.5, 0.6) is 0 Å². The van der Waals surface area contributed by atoms with Crippen molar-refractivity contribution in [2.24, 2.45) is 5.92 Å². The number of nitrogens with zero attached hydrogens (tertiary/aromatic N) is 4. The van der Waals surface area contributed by atoms with Gasteiger partial charge in [0.15, 0.2) is 5.82 Å². The van der Waals surface area contributed by atoms with Crippen molar-refractivity contribution in [1.82, 2.24) is 19.5 Å². The molecule has 1 N–H and O–H groups in total. The molecule has 0 amide bonds. The number of fused-ring (bicyclic) bond motifs is 2. The number of pyridine rings is 1. The van der Waals surface area contributed by atoms with Crippen LogP contribution in [0, 0.1) is 11.7 Å². The third-order valence-corrected chi connectivity index (χ3v) is 5.83. The first-order valence-corrected chi connectivity index (χ1v) is 9.53. The maximum absolute atomic E-state index is 13.7. The van der Waals surface area contributed by atoms with Crippen LogP contribution in [0.1, 0.15) is 48.8 Å². The summed E-state index contributed by atoms with van der Waals surface area (Å²) in [6.45, 7) is 0. The fourth-order valence-corrected chi connectivity index (χ4v) is 4.45. The van der Waals surface area contributed by atoms with E-state index in [0.29, 0.717) is 18.7 Å². The summed E-state index contributed by atoms with van der Waals surface area (Å²) in [4.78, 5) is 25.1. The highest BCUT2D eigenvalue weighted by atomic mass is 19.1. The average Bonchev–Trinajstić information content (AvgIpc) is 3.31. The SMILES string of the molecule is O=C(O)[C@H]1CCCC[C@@H]1n1ccc2cnc(C3=CCc4ncc(F)cc43)nc21. The summed E-state index contributed by atoms with van der Waals surface area (Å²) in [6.07, 6.45) is 10.9. The van der Waals surface area contributed by atoms with E-state index in [1.54, 1.807) is 6.20 Å². The Morgan fingerprint density at radius 2 is 2.07 bits per heavy atom. The van der Waals surface area contributed by atoms with Gasteiger partial charge in [-0.25, -0.2) is 14.4 Å². The number of halogens is 1. The normalized spacial score (nSPS) is 21.5. The molecular formula is C21H19FN4O2. The zero-order valence-corrected chi connectivity index (χ0v) is 15.2. The highest BCUT2D eigenvalue weighted by Gasteiger charge is 2.33. The second-order valence-electron chi connectivity index (χ2n) is 7.46. The third-order valence-electron chi connectivity index (χ3n) is 5.83. The number of hydrogen-bond donors (Lipinski definition) is 1. The molecule has 142 valence electrons. The van der Waals surface area contributed by atoms with Crippen LogP contribution in [0.3, 0.4) is 0 Å². The zero-order valence-electron chi connectivity index (χ0n) is 15.2. The van der Waals surface area contributed by atoms with E-state index in [1.807, 2.05) is 22.9 Å². The van der Waals surface area contributed by atoms with E-state index in [4.69, 9.17) is 4.98 Å². The molecule has 5 rings (SSSR count). The molecule has 0 radical (unpaired) electrons. The summed E-state index contributed by atoms with van der Waals surface area (Å²) in [5.41, 5.74) is 3.03. The highest BCUT2D eigenvalue weighted by molar-refractivity contribution is 5.84. The molecule has 2 aliphatic rings. The smallest absolute Gasteiger partial charge is 0.308 e. The lowest BCUT2D eigenvalue weighted by molar-refractivity contribution is -0.144. The van der Waals surface area contributed by atoms with Gasteiger partial charge in [0, 0.05) is 41.4 Å². The van der Waals surface area contributed by atoms with Crippen LogP contribution in [-0.2, 0) is 11.2 Å². The Labute approximate surface area is 160 Å². The van der Waals surface area contributed by atoms with Crippen LogP contribution in [0.25, 0.3) is 16.6 Å². The van der Waals surface area contributed by atoms with E-state index < -0.39 is 11.9 Å². The van der Waals surface area contributed by atoms with E-state index in [9.17, 15) is 14.3 Å². The Balaban J connectivity index is 1.59. The molecule has 3 aromatic heterocycles. The van der Waals surface area contributed by atoms with Gasteiger partial charge < -0.3 is 9.67 Å². The fourth-order valence-electron chi connectivity index (χ4n) is 4.45. The number of hydrogen-bond acceptors (Lipinski definition) is 4. The summed E-state index contributed by atoms with van der Waals surface area (Å²) in [5, 5.41) is 10.5. The van der Waals surface area contributed by atoms with Crippen LogP contribution in [-0.4, -0.2) is 30.6 Å². The average molecular weight is 378 g/mol. The second kappa shape index (κ2) is 6.51. The summed E-state index contributed by atoms with van der Waals surface area (Å²) >= 11 is 0. The molecule has 28 heavy (non-hydrogen) atoms. The number of rotatable bonds is 3. The quantitative estimate of drug-likeness (QED) is 0.750. The van der Waals surface area contributed by atoms with Gasteiger partial charge in [0.1, 0.15) is 11.5 Å². The van der Waals surface area contributed by atoms with Gasteiger partial charge in [-0.15, -0.1) is 0 Å². The van der Waals surface area contributed by atoms with Crippen LogP contribution in [0.15, 0.2) is 36.8 Å². The maximum atomic E-state index is 13.7. The van der Waals surface area contributed by atoms with E-state index in [-0.39, 0.29) is 11.9 Å². The van der Waals surface area contributed by atoms with Crippen molar-refractivity contribution < 1.29 is 14.3 Å². The summed E-state index contributed by atoms with van der Waals surface area (Å²) in [7, 11) is 0. The molecule has 0 bridgehead atoms. The Hall–Kier alpha value is -3.09. The topological polar surface area (TPSA) is 80.9 Å².